The van der Waals surface area contributed by atoms with E-state index in [0.717, 1.165) is 5.33 Å². The summed E-state index contributed by atoms with van der Waals surface area (Å²) < 4.78 is 0. The van der Waals surface area contributed by atoms with Crippen LogP contribution < -0.4 is 0 Å². The van der Waals surface area contributed by atoms with Crippen LogP contribution in [0.2, 0.25) is 0 Å². The average molecular weight is 395 g/mol. The van der Waals surface area contributed by atoms with E-state index in [-0.39, 0.29) is 0 Å². The van der Waals surface area contributed by atoms with Gasteiger partial charge in [0.1, 0.15) is 0 Å². The van der Waals surface area contributed by atoms with Gasteiger partial charge in [-0.3, -0.25) is 0 Å². The average Bonchev–Trinajstić information content (AvgIpc) is 2.62. The molecule has 0 bridgehead atoms. The lowest BCUT2D eigenvalue weighted by atomic mass is 10.0. The number of benzene rings is 1. The molecule has 0 aromatic heterocycles. The number of aryl methyl sites for hydroxylation is 1. The van der Waals surface area contributed by atoms with Crippen LogP contribution in [-0.4, -0.2) is 0 Å². The van der Waals surface area contributed by atoms with Crippen molar-refractivity contribution in [3.8, 4) is 0 Å². The maximum absolute atomic E-state index is 3.59. The van der Waals surface area contributed by atoms with Crippen LogP contribution in [0.25, 0.3) is 0 Å². The highest BCUT2D eigenvalue weighted by Gasteiger charge is 2.00. The molecule has 1 aromatic carbocycles. The molecule has 0 amide bonds. The second kappa shape index (κ2) is 16.2. The van der Waals surface area contributed by atoms with E-state index in [2.05, 4.69) is 47.1 Å². The fourth-order valence-electron chi connectivity index (χ4n) is 3.44. The Balaban J connectivity index is 1.84. The molecule has 0 N–H and O–H groups in total. The Morgan fingerprint density at radius 1 is 0.583 bits per heavy atom. The van der Waals surface area contributed by atoms with E-state index in [4.69, 9.17) is 0 Å². The number of unbranched alkanes of at least 4 members (excludes halogenated alkanes) is 13. The molecule has 1 rings (SSSR count). The van der Waals surface area contributed by atoms with Gasteiger partial charge in [0.2, 0.25) is 0 Å². The van der Waals surface area contributed by atoms with Crippen LogP contribution in [0.15, 0.2) is 24.3 Å². The van der Waals surface area contributed by atoms with Gasteiger partial charge in [0.25, 0.3) is 0 Å². The zero-order chi connectivity index (χ0) is 17.3. The molecular formula is C23H39Br. The lowest BCUT2D eigenvalue weighted by Crippen LogP contribution is -1.92. The Bertz CT molecular complexity index is 385. The molecule has 1 heteroatoms. The minimum absolute atomic E-state index is 0.988. The third-order valence-corrected chi connectivity index (χ3v) is 5.67. The van der Waals surface area contributed by atoms with Gasteiger partial charge < -0.3 is 0 Å². The highest BCUT2D eigenvalue weighted by Crippen LogP contribution is 2.17. The maximum atomic E-state index is 3.59. The molecule has 1 aromatic rings. The van der Waals surface area contributed by atoms with E-state index in [9.17, 15) is 0 Å². The molecule has 0 radical (unpaired) electrons. The lowest BCUT2D eigenvalue weighted by molar-refractivity contribution is 0.535. The molecule has 0 heterocycles. The summed E-state index contributed by atoms with van der Waals surface area (Å²) >= 11 is 3.59. The molecule has 0 nitrogen and oxygen atoms in total. The van der Waals surface area contributed by atoms with Gasteiger partial charge in [-0.1, -0.05) is 131 Å². The Hall–Kier alpha value is -0.300. The van der Waals surface area contributed by atoms with Crippen LogP contribution in [0.4, 0.5) is 0 Å². The Kier molecular flexibility index (Phi) is 14.7. The molecule has 0 saturated carbocycles. The topological polar surface area (TPSA) is 0 Å². The van der Waals surface area contributed by atoms with Crippen LogP contribution >= 0.6 is 15.9 Å². The number of alkyl halides is 1. The van der Waals surface area contributed by atoms with Gasteiger partial charge in [0, 0.05) is 5.33 Å². The van der Waals surface area contributed by atoms with Gasteiger partial charge in [-0.25, -0.2) is 0 Å². The summed E-state index contributed by atoms with van der Waals surface area (Å²) in [5.41, 5.74) is 3.00. The summed E-state index contributed by atoms with van der Waals surface area (Å²) in [6.07, 6.45) is 21.4. The van der Waals surface area contributed by atoms with Crippen molar-refractivity contribution in [3.05, 3.63) is 35.4 Å². The van der Waals surface area contributed by atoms with Gasteiger partial charge >= 0.3 is 0 Å². The predicted octanol–water partition coefficient (Wildman–Crippen LogP) is 8.61. The first kappa shape index (κ1) is 21.7. The summed E-state index contributed by atoms with van der Waals surface area (Å²) in [4.78, 5) is 0. The first-order valence-corrected chi connectivity index (χ1v) is 11.6. The van der Waals surface area contributed by atoms with Crippen molar-refractivity contribution in [2.45, 2.75) is 109 Å². The van der Waals surface area contributed by atoms with Crippen molar-refractivity contribution >= 4 is 15.9 Å². The lowest BCUT2D eigenvalue weighted by Gasteiger charge is -2.07. The van der Waals surface area contributed by atoms with E-state index in [0.29, 0.717) is 0 Å². The normalized spacial score (nSPS) is 11.1. The monoisotopic (exact) mass is 394 g/mol. The van der Waals surface area contributed by atoms with Crippen molar-refractivity contribution in [3.63, 3.8) is 0 Å². The van der Waals surface area contributed by atoms with Crippen molar-refractivity contribution in [1.29, 1.82) is 0 Å². The van der Waals surface area contributed by atoms with E-state index >= 15 is 0 Å². The molecule has 0 atom stereocenters. The molecule has 0 fully saturated rings. The van der Waals surface area contributed by atoms with Gasteiger partial charge in [0.15, 0.2) is 0 Å². The summed E-state index contributed by atoms with van der Waals surface area (Å²) in [7, 11) is 0. The molecule has 24 heavy (non-hydrogen) atoms. The van der Waals surface area contributed by atoms with Crippen molar-refractivity contribution in [2.75, 3.05) is 0 Å². The fraction of sp³-hybridized carbons (Fsp3) is 0.739. The Morgan fingerprint density at radius 2 is 1.00 bits per heavy atom. The third-order valence-electron chi connectivity index (χ3n) is 5.06. The van der Waals surface area contributed by atoms with Gasteiger partial charge in [-0.15, -0.1) is 0 Å². The molecule has 0 saturated heterocycles. The minimum Gasteiger partial charge on any atom is -0.0876 e. The molecule has 0 spiro atoms. The highest BCUT2D eigenvalue weighted by atomic mass is 79.9. The number of hydrogen-bond donors (Lipinski definition) is 0. The first-order valence-electron chi connectivity index (χ1n) is 10.5. The van der Waals surface area contributed by atoms with Crippen LogP contribution in [0.5, 0.6) is 0 Å². The van der Waals surface area contributed by atoms with Crippen LogP contribution in [-0.2, 0) is 11.8 Å². The van der Waals surface area contributed by atoms with E-state index in [1.807, 2.05) is 0 Å². The summed E-state index contributed by atoms with van der Waals surface area (Å²) in [5, 5.41) is 0.988. The Labute approximate surface area is 160 Å². The second-order valence-corrected chi connectivity index (χ2v) is 7.81. The van der Waals surface area contributed by atoms with Gasteiger partial charge in [0.05, 0.1) is 0 Å². The van der Waals surface area contributed by atoms with E-state index in [1.54, 1.807) is 0 Å². The van der Waals surface area contributed by atoms with Crippen molar-refractivity contribution in [1.82, 2.24) is 0 Å². The SMILES string of the molecule is CCCCCCCCCCCCCCCCc1ccccc1CBr. The van der Waals surface area contributed by atoms with Gasteiger partial charge in [-0.2, -0.15) is 0 Å². The van der Waals surface area contributed by atoms with Crippen molar-refractivity contribution in [2.24, 2.45) is 0 Å². The zero-order valence-corrected chi connectivity index (χ0v) is 17.6. The molecule has 0 unspecified atom stereocenters. The Morgan fingerprint density at radius 3 is 1.46 bits per heavy atom. The smallest absolute Gasteiger partial charge is 0.0285 e. The van der Waals surface area contributed by atoms with Crippen LogP contribution in [0, 0.1) is 0 Å². The third kappa shape index (κ3) is 11.3. The quantitative estimate of drug-likeness (QED) is 0.194. The number of halogens is 1. The number of rotatable bonds is 16. The van der Waals surface area contributed by atoms with E-state index < -0.39 is 0 Å². The summed E-state index contributed by atoms with van der Waals surface area (Å²) in [6.45, 7) is 2.29. The molecule has 0 aliphatic heterocycles. The van der Waals surface area contributed by atoms with Crippen LogP contribution in [0.1, 0.15) is 108 Å². The molecular weight excluding hydrogens is 356 g/mol. The second-order valence-electron chi connectivity index (χ2n) is 7.25. The summed E-state index contributed by atoms with van der Waals surface area (Å²) in [6, 6.07) is 8.85. The molecule has 138 valence electrons. The summed E-state index contributed by atoms with van der Waals surface area (Å²) in [5.74, 6) is 0. The first-order chi connectivity index (χ1) is 11.9. The highest BCUT2D eigenvalue weighted by molar-refractivity contribution is 9.08. The zero-order valence-electron chi connectivity index (χ0n) is 16.0. The predicted molar refractivity (Wildman–Crippen MR) is 113 cm³/mol. The van der Waals surface area contributed by atoms with E-state index in [1.165, 1.54) is 107 Å². The standard InChI is InChI=1S/C23H39Br/c1-2-3-4-5-6-7-8-9-10-11-12-13-14-15-18-22-19-16-17-20-23(22)21-24/h16-17,19-20H,2-15,18,21H2,1H3. The fourth-order valence-corrected chi connectivity index (χ4v) is 3.99. The largest absolute Gasteiger partial charge is 0.0876 e. The van der Waals surface area contributed by atoms with Crippen LogP contribution in [0.3, 0.4) is 0 Å². The molecule has 0 aliphatic carbocycles. The minimum atomic E-state index is 0.988. The molecule has 0 aliphatic rings. The maximum Gasteiger partial charge on any atom is 0.0285 e. The van der Waals surface area contributed by atoms with Gasteiger partial charge in [-0.05, 0) is 24.0 Å². The van der Waals surface area contributed by atoms with Crippen molar-refractivity contribution < 1.29 is 0 Å². The number of hydrogen-bond acceptors (Lipinski definition) is 0.